The molecule has 0 spiro atoms. The van der Waals surface area contributed by atoms with E-state index in [0.717, 1.165) is 13.1 Å². The summed E-state index contributed by atoms with van der Waals surface area (Å²) in [4.78, 5) is 18.6. The molecule has 1 aromatic carbocycles. The van der Waals surface area contributed by atoms with E-state index in [-0.39, 0.29) is 18.0 Å². The smallest absolute Gasteiger partial charge is 0.399 e. The van der Waals surface area contributed by atoms with Gasteiger partial charge in [0.15, 0.2) is 0 Å². The number of nitrogens with zero attached hydrogens (tertiary/aromatic N) is 2. The molecule has 22 heavy (non-hydrogen) atoms. The molecule has 0 aliphatic carbocycles. The minimum atomic E-state index is -0.0265. The van der Waals surface area contributed by atoms with Crippen molar-refractivity contribution in [3.8, 4) is 11.8 Å². The number of ether oxygens (including phenoxy) is 1. The number of amides is 1. The van der Waals surface area contributed by atoms with Gasteiger partial charge >= 0.3 is 6.08 Å². The van der Waals surface area contributed by atoms with Gasteiger partial charge in [0.05, 0.1) is 6.20 Å². The summed E-state index contributed by atoms with van der Waals surface area (Å²) in [6.45, 7) is 3.26. The summed E-state index contributed by atoms with van der Waals surface area (Å²) in [6, 6.07) is 7.26. The van der Waals surface area contributed by atoms with Crippen LogP contribution in [0, 0.1) is 5.92 Å². The summed E-state index contributed by atoms with van der Waals surface area (Å²) >= 11 is 0. The molecule has 6 nitrogen and oxygen atoms in total. The van der Waals surface area contributed by atoms with Gasteiger partial charge in [-0.15, -0.1) is 0 Å². The first kappa shape index (κ1) is 13.3. The summed E-state index contributed by atoms with van der Waals surface area (Å²) in [6.07, 6.45) is 4.34. The van der Waals surface area contributed by atoms with Crippen LogP contribution in [-0.2, 0) is 0 Å². The van der Waals surface area contributed by atoms with Crippen LogP contribution < -0.4 is 10.1 Å². The summed E-state index contributed by atoms with van der Waals surface area (Å²) in [7, 11) is 0. The number of rotatable bonds is 4. The molecular weight excluding hydrogens is 282 g/mol. The Bertz CT molecular complexity index is 654. The van der Waals surface area contributed by atoms with Crippen LogP contribution in [0.1, 0.15) is 16.8 Å². The third-order valence-corrected chi connectivity index (χ3v) is 4.38. The fourth-order valence-electron chi connectivity index (χ4n) is 3.24. The van der Waals surface area contributed by atoms with Gasteiger partial charge < -0.3 is 19.4 Å². The minimum absolute atomic E-state index is 0.0265. The molecule has 1 N–H and O–H groups in total. The molecule has 1 aromatic heterocycles. The SMILES string of the molecule is O=C(NC1CN2CC[C@H]1C2)c1ccc(Oc2ncco2)cc1. The molecule has 1 amide bonds. The number of nitrogens with one attached hydrogen (secondary N) is 1. The average molecular weight is 299 g/mol. The van der Waals surface area contributed by atoms with Crippen molar-refractivity contribution in [1.29, 1.82) is 0 Å². The zero-order valence-electron chi connectivity index (χ0n) is 12.1. The van der Waals surface area contributed by atoms with Crippen LogP contribution in [0.2, 0.25) is 0 Å². The van der Waals surface area contributed by atoms with Gasteiger partial charge in [-0.05, 0) is 43.1 Å². The normalized spacial score (nSPS) is 26.1. The van der Waals surface area contributed by atoms with E-state index in [0.29, 0.717) is 17.2 Å². The van der Waals surface area contributed by atoms with Gasteiger partial charge in [0.25, 0.3) is 5.91 Å². The number of fused-ring (bicyclic) bond motifs is 2. The molecule has 6 heteroatoms. The zero-order chi connectivity index (χ0) is 14.9. The molecule has 2 aliphatic heterocycles. The molecule has 2 saturated heterocycles. The Morgan fingerprint density at radius 3 is 2.82 bits per heavy atom. The number of aromatic nitrogens is 1. The van der Waals surface area contributed by atoms with Crippen LogP contribution in [0.25, 0.3) is 0 Å². The van der Waals surface area contributed by atoms with Gasteiger partial charge in [-0.1, -0.05) is 0 Å². The number of hydrogen-bond donors (Lipinski definition) is 1. The van der Waals surface area contributed by atoms with Crippen LogP contribution in [0.3, 0.4) is 0 Å². The van der Waals surface area contributed by atoms with Gasteiger partial charge in [-0.25, -0.2) is 0 Å². The minimum Gasteiger partial charge on any atom is -0.417 e. The van der Waals surface area contributed by atoms with Crippen molar-refractivity contribution in [2.45, 2.75) is 12.5 Å². The second-order valence-corrected chi connectivity index (χ2v) is 5.81. The maximum absolute atomic E-state index is 12.3. The third-order valence-electron chi connectivity index (χ3n) is 4.38. The fourth-order valence-corrected chi connectivity index (χ4v) is 3.24. The monoisotopic (exact) mass is 299 g/mol. The first-order chi connectivity index (χ1) is 10.8. The lowest BCUT2D eigenvalue weighted by Crippen LogP contribution is -2.43. The molecule has 2 bridgehead atoms. The molecule has 2 aliphatic rings. The number of carbonyl (C=O) groups is 1. The van der Waals surface area contributed by atoms with E-state index in [1.807, 2.05) is 0 Å². The predicted octanol–water partition coefficient (Wildman–Crippen LogP) is 1.90. The van der Waals surface area contributed by atoms with Crippen LogP contribution in [0.15, 0.2) is 41.1 Å². The highest BCUT2D eigenvalue weighted by atomic mass is 16.6. The van der Waals surface area contributed by atoms with Gasteiger partial charge in [-0.2, -0.15) is 4.98 Å². The van der Waals surface area contributed by atoms with Crippen molar-refractivity contribution in [3.05, 3.63) is 42.3 Å². The van der Waals surface area contributed by atoms with Crippen molar-refractivity contribution in [1.82, 2.24) is 15.2 Å². The van der Waals surface area contributed by atoms with Gasteiger partial charge in [-0.3, -0.25) is 4.79 Å². The number of benzene rings is 1. The van der Waals surface area contributed by atoms with Gasteiger partial charge in [0, 0.05) is 24.7 Å². The Hall–Kier alpha value is -2.34. The summed E-state index contributed by atoms with van der Waals surface area (Å²) in [5, 5.41) is 3.14. The highest BCUT2D eigenvalue weighted by molar-refractivity contribution is 5.94. The molecule has 114 valence electrons. The highest BCUT2D eigenvalue weighted by Crippen LogP contribution is 2.28. The largest absolute Gasteiger partial charge is 0.417 e. The lowest BCUT2D eigenvalue weighted by molar-refractivity contribution is 0.0924. The summed E-state index contributed by atoms with van der Waals surface area (Å²) < 4.78 is 10.4. The molecule has 2 aromatic rings. The molecule has 4 rings (SSSR count). The Balaban J connectivity index is 1.38. The summed E-state index contributed by atoms with van der Waals surface area (Å²) in [5.74, 6) is 1.17. The molecule has 3 atom stereocenters. The second-order valence-electron chi connectivity index (χ2n) is 5.81. The van der Waals surface area contributed by atoms with Crippen molar-refractivity contribution in [3.63, 3.8) is 0 Å². The Morgan fingerprint density at radius 1 is 1.32 bits per heavy atom. The van der Waals surface area contributed by atoms with Gasteiger partial charge in [0.2, 0.25) is 0 Å². The van der Waals surface area contributed by atoms with E-state index in [1.54, 1.807) is 24.3 Å². The fraction of sp³-hybridized carbons (Fsp3) is 0.375. The van der Waals surface area contributed by atoms with Crippen LogP contribution >= 0.6 is 0 Å². The second kappa shape index (κ2) is 5.46. The average Bonchev–Trinajstić information content (AvgIpc) is 3.25. The van der Waals surface area contributed by atoms with Crippen LogP contribution in [-0.4, -0.2) is 41.5 Å². The molecule has 3 heterocycles. The van der Waals surface area contributed by atoms with E-state index in [9.17, 15) is 4.79 Å². The van der Waals surface area contributed by atoms with E-state index in [4.69, 9.17) is 9.15 Å². The summed E-state index contributed by atoms with van der Waals surface area (Å²) in [5.41, 5.74) is 0.637. The first-order valence-electron chi connectivity index (χ1n) is 7.48. The zero-order valence-corrected chi connectivity index (χ0v) is 12.1. The van der Waals surface area contributed by atoms with Crippen molar-refractivity contribution < 1.29 is 13.9 Å². The molecular formula is C16H17N3O3. The predicted molar refractivity (Wildman–Crippen MR) is 78.8 cm³/mol. The quantitative estimate of drug-likeness (QED) is 0.934. The molecule has 0 saturated carbocycles. The van der Waals surface area contributed by atoms with Crippen LogP contribution in [0.5, 0.6) is 11.8 Å². The lowest BCUT2D eigenvalue weighted by atomic mass is 9.99. The van der Waals surface area contributed by atoms with Crippen molar-refractivity contribution in [2.24, 2.45) is 5.92 Å². The molecule has 0 radical (unpaired) electrons. The van der Waals surface area contributed by atoms with Crippen molar-refractivity contribution in [2.75, 3.05) is 19.6 Å². The number of piperidine rings is 1. The van der Waals surface area contributed by atoms with Crippen molar-refractivity contribution >= 4 is 5.91 Å². The van der Waals surface area contributed by atoms with Gasteiger partial charge in [0.1, 0.15) is 12.0 Å². The van der Waals surface area contributed by atoms with E-state index in [2.05, 4.69) is 15.2 Å². The molecule has 2 fully saturated rings. The van der Waals surface area contributed by atoms with E-state index < -0.39 is 0 Å². The van der Waals surface area contributed by atoms with E-state index >= 15 is 0 Å². The number of oxazole rings is 1. The Morgan fingerprint density at radius 2 is 2.18 bits per heavy atom. The molecule has 2 unspecified atom stereocenters. The Kier molecular flexibility index (Phi) is 3.31. The number of carbonyl (C=O) groups excluding carboxylic acids is 1. The Labute approximate surface area is 128 Å². The third kappa shape index (κ3) is 2.57. The van der Waals surface area contributed by atoms with E-state index in [1.165, 1.54) is 25.4 Å². The lowest BCUT2D eigenvalue weighted by Gasteiger charge is -2.23. The maximum atomic E-state index is 12.3. The number of hydrogen-bond acceptors (Lipinski definition) is 5. The first-order valence-corrected chi connectivity index (χ1v) is 7.48. The highest BCUT2D eigenvalue weighted by Gasteiger charge is 2.38. The standard InChI is InChI=1S/C16H17N3O3/c20-15(18-14-10-19-7-5-12(14)9-19)11-1-3-13(4-2-11)22-16-17-6-8-21-16/h1-4,6,8,12,14H,5,7,9-10H2,(H,18,20)/t12-,14?/m0/s1. The topological polar surface area (TPSA) is 67.6 Å². The maximum Gasteiger partial charge on any atom is 0.399 e. The van der Waals surface area contributed by atoms with Crippen LogP contribution in [0.4, 0.5) is 0 Å².